The van der Waals surface area contributed by atoms with Gasteiger partial charge in [-0.2, -0.15) is 10.2 Å². The van der Waals surface area contributed by atoms with Gasteiger partial charge in [0.15, 0.2) is 0 Å². The lowest BCUT2D eigenvalue weighted by Gasteiger charge is -2.46. The molecule has 0 bridgehead atoms. The summed E-state index contributed by atoms with van der Waals surface area (Å²) in [6.45, 7) is 4.37. The van der Waals surface area contributed by atoms with Gasteiger partial charge in [-0.05, 0) is 74.8 Å². The van der Waals surface area contributed by atoms with Crippen LogP contribution in [0.3, 0.4) is 0 Å². The zero-order chi connectivity index (χ0) is 26.0. The summed E-state index contributed by atoms with van der Waals surface area (Å²) in [7, 11) is 0. The Morgan fingerprint density at radius 3 is 2.39 bits per heavy atom. The first kappa shape index (κ1) is 24.9. The zero-order valence-corrected chi connectivity index (χ0v) is 21.9. The van der Waals surface area contributed by atoms with Crippen LogP contribution in [-0.2, 0) is 10.2 Å². The summed E-state index contributed by atoms with van der Waals surface area (Å²) < 4.78 is 0. The summed E-state index contributed by atoms with van der Waals surface area (Å²) in [5, 5.41) is 22.5. The molecule has 3 fully saturated rings. The van der Waals surface area contributed by atoms with E-state index >= 15 is 0 Å². The highest BCUT2D eigenvalue weighted by atomic mass is 16.3. The normalized spacial score (nSPS) is 21.9. The lowest BCUT2D eigenvalue weighted by Crippen LogP contribution is -2.55. The van der Waals surface area contributed by atoms with Crippen LogP contribution < -0.4 is 10.2 Å². The van der Waals surface area contributed by atoms with Crippen LogP contribution in [0.25, 0.3) is 11.3 Å². The average Bonchev–Trinajstić information content (AvgIpc) is 3.53. The maximum absolute atomic E-state index is 14.3. The van der Waals surface area contributed by atoms with Crippen molar-refractivity contribution in [2.45, 2.75) is 50.0 Å². The second-order valence-electron chi connectivity index (χ2n) is 11.1. The highest BCUT2D eigenvalue weighted by Crippen LogP contribution is 2.40. The second kappa shape index (κ2) is 10.7. The number of carbonyl (C=O) groups excluding carboxylic acids is 1. The first-order valence-corrected chi connectivity index (χ1v) is 14.1. The predicted octanol–water partition coefficient (Wildman–Crippen LogP) is 4.38. The summed E-state index contributed by atoms with van der Waals surface area (Å²) >= 11 is 0. The van der Waals surface area contributed by atoms with E-state index in [2.05, 4.69) is 49.6 Å². The van der Waals surface area contributed by atoms with Crippen LogP contribution in [0, 0.1) is 5.92 Å². The van der Waals surface area contributed by atoms with E-state index in [1.165, 1.54) is 12.8 Å². The second-order valence-corrected chi connectivity index (χ2v) is 11.1. The van der Waals surface area contributed by atoms with Gasteiger partial charge in [0.1, 0.15) is 5.75 Å². The molecule has 1 aromatic heterocycles. The number of rotatable bonds is 5. The van der Waals surface area contributed by atoms with Gasteiger partial charge in [-0.1, -0.05) is 42.5 Å². The van der Waals surface area contributed by atoms with Crippen LogP contribution in [0.2, 0.25) is 0 Å². The van der Waals surface area contributed by atoms with Crippen molar-refractivity contribution in [1.29, 1.82) is 0 Å². The molecule has 2 aromatic carbocycles. The van der Waals surface area contributed by atoms with Crippen LogP contribution in [-0.4, -0.2) is 64.9 Å². The van der Waals surface area contributed by atoms with Crippen molar-refractivity contribution in [2.24, 2.45) is 5.92 Å². The molecule has 0 spiro atoms. The molecule has 4 heterocycles. The number of benzene rings is 2. The number of likely N-dealkylation sites (tertiary alicyclic amines) is 1. The monoisotopic (exact) mass is 511 g/mol. The first-order chi connectivity index (χ1) is 18.6. The minimum atomic E-state index is -0.503. The van der Waals surface area contributed by atoms with E-state index in [4.69, 9.17) is 0 Å². The fourth-order valence-corrected chi connectivity index (χ4v) is 6.80. The average molecular weight is 512 g/mol. The highest BCUT2D eigenvalue weighted by molar-refractivity contribution is 5.89. The van der Waals surface area contributed by atoms with Gasteiger partial charge in [-0.25, -0.2) is 0 Å². The summed E-state index contributed by atoms with van der Waals surface area (Å²) in [5.41, 5.74) is 2.92. The van der Waals surface area contributed by atoms with E-state index in [-0.39, 0.29) is 5.75 Å². The van der Waals surface area contributed by atoms with Crippen molar-refractivity contribution < 1.29 is 9.90 Å². The standard InChI is InChI=1S/C31H37N5O2/c37-29-11-5-4-9-26(29)28-21-25(22-33-34-28)35-19-14-31(15-20-35,24-7-2-1-3-8-24)30(38)36-17-12-23(13-18-36)27-10-6-16-32-27/h1-5,7-9,11,21-23,27,32,37H,6,10,12-20H2. The molecule has 3 saturated heterocycles. The van der Waals surface area contributed by atoms with Crippen LogP contribution in [0.4, 0.5) is 5.69 Å². The number of aromatic nitrogens is 2. The molecule has 7 heteroatoms. The molecule has 0 aliphatic carbocycles. The number of aromatic hydroxyl groups is 1. The molecule has 38 heavy (non-hydrogen) atoms. The quantitative estimate of drug-likeness (QED) is 0.529. The molecule has 2 N–H and O–H groups in total. The SMILES string of the molecule is O=C(N1CCC(C2CCCN2)CC1)C1(c2ccccc2)CCN(c2cnnc(-c3ccccc3O)c2)CC1. The molecule has 0 saturated carbocycles. The number of piperidine rings is 2. The number of para-hydroxylation sites is 1. The molecule has 3 aliphatic heterocycles. The highest BCUT2D eigenvalue weighted by Gasteiger charge is 2.46. The molecule has 0 radical (unpaired) electrons. The summed E-state index contributed by atoms with van der Waals surface area (Å²) in [4.78, 5) is 18.7. The Hall–Kier alpha value is -3.45. The third-order valence-electron chi connectivity index (χ3n) is 9.03. The topological polar surface area (TPSA) is 81.6 Å². The fourth-order valence-electron chi connectivity index (χ4n) is 6.80. The van der Waals surface area contributed by atoms with Gasteiger partial charge >= 0.3 is 0 Å². The van der Waals surface area contributed by atoms with Gasteiger partial charge in [0.25, 0.3) is 0 Å². The molecule has 1 atom stereocenters. The van der Waals surface area contributed by atoms with Crippen molar-refractivity contribution in [2.75, 3.05) is 37.6 Å². The van der Waals surface area contributed by atoms with Crippen LogP contribution in [0.5, 0.6) is 5.75 Å². The fraction of sp³-hybridized carbons (Fsp3) is 0.452. The maximum atomic E-state index is 14.3. The van der Waals surface area contributed by atoms with E-state index < -0.39 is 5.41 Å². The number of nitrogens with one attached hydrogen (secondary N) is 1. The largest absolute Gasteiger partial charge is 0.507 e. The van der Waals surface area contributed by atoms with Gasteiger partial charge in [-0.15, -0.1) is 0 Å². The predicted molar refractivity (Wildman–Crippen MR) is 149 cm³/mol. The van der Waals surface area contributed by atoms with Gasteiger partial charge in [0.2, 0.25) is 5.91 Å². The number of hydrogen-bond acceptors (Lipinski definition) is 6. The number of hydrogen-bond donors (Lipinski definition) is 2. The van der Waals surface area contributed by atoms with Crippen molar-refractivity contribution in [3.63, 3.8) is 0 Å². The number of amides is 1. The summed E-state index contributed by atoms with van der Waals surface area (Å²) in [6.07, 6.45) is 8.04. The van der Waals surface area contributed by atoms with E-state index in [9.17, 15) is 9.90 Å². The summed E-state index contributed by atoms with van der Waals surface area (Å²) in [6, 6.07) is 20.2. The van der Waals surface area contributed by atoms with Crippen molar-refractivity contribution in [3.8, 4) is 17.0 Å². The minimum absolute atomic E-state index is 0.193. The lowest BCUT2D eigenvalue weighted by molar-refractivity contribution is -0.140. The van der Waals surface area contributed by atoms with E-state index in [1.807, 2.05) is 24.3 Å². The Morgan fingerprint density at radius 1 is 0.947 bits per heavy atom. The van der Waals surface area contributed by atoms with Crippen LogP contribution in [0.1, 0.15) is 44.1 Å². The molecule has 1 unspecified atom stereocenters. The lowest BCUT2D eigenvalue weighted by atomic mass is 9.71. The first-order valence-electron chi connectivity index (χ1n) is 14.1. The Morgan fingerprint density at radius 2 is 1.68 bits per heavy atom. The van der Waals surface area contributed by atoms with E-state index in [0.29, 0.717) is 29.1 Å². The third kappa shape index (κ3) is 4.75. The van der Waals surface area contributed by atoms with E-state index in [1.54, 1.807) is 18.3 Å². The zero-order valence-electron chi connectivity index (χ0n) is 21.9. The Kier molecular flexibility index (Phi) is 7.02. The molecule has 6 rings (SSSR count). The molecule has 198 valence electrons. The Labute approximate surface area is 224 Å². The van der Waals surface area contributed by atoms with Crippen LogP contribution >= 0.6 is 0 Å². The number of nitrogens with zero attached hydrogens (tertiary/aromatic N) is 4. The molecule has 7 nitrogen and oxygen atoms in total. The van der Waals surface area contributed by atoms with Gasteiger partial charge in [0, 0.05) is 37.8 Å². The molecule has 3 aromatic rings. The van der Waals surface area contributed by atoms with Crippen molar-refractivity contribution >= 4 is 11.6 Å². The number of anilines is 1. The van der Waals surface area contributed by atoms with Crippen molar-refractivity contribution in [3.05, 3.63) is 72.4 Å². The Bertz CT molecular complexity index is 1240. The summed E-state index contributed by atoms with van der Waals surface area (Å²) in [5.74, 6) is 1.18. The maximum Gasteiger partial charge on any atom is 0.233 e. The number of phenols is 1. The van der Waals surface area contributed by atoms with E-state index in [0.717, 1.165) is 69.7 Å². The van der Waals surface area contributed by atoms with Gasteiger partial charge < -0.3 is 20.2 Å². The molecule has 1 amide bonds. The third-order valence-corrected chi connectivity index (χ3v) is 9.03. The molecular weight excluding hydrogens is 474 g/mol. The van der Waals surface area contributed by atoms with Gasteiger partial charge in [0.05, 0.1) is 23.0 Å². The molecule has 3 aliphatic rings. The smallest absolute Gasteiger partial charge is 0.233 e. The van der Waals surface area contributed by atoms with Crippen molar-refractivity contribution in [1.82, 2.24) is 20.4 Å². The number of carbonyl (C=O) groups is 1. The number of phenolic OH excluding ortho intramolecular Hbond substituents is 1. The Balaban J connectivity index is 1.20. The van der Waals surface area contributed by atoms with Crippen LogP contribution in [0.15, 0.2) is 66.9 Å². The minimum Gasteiger partial charge on any atom is -0.507 e. The molecular formula is C31H37N5O2. The van der Waals surface area contributed by atoms with Gasteiger partial charge in [-0.3, -0.25) is 4.79 Å².